The van der Waals surface area contributed by atoms with E-state index in [1.807, 2.05) is 13.8 Å². The van der Waals surface area contributed by atoms with Crippen LogP contribution in [0.5, 0.6) is 5.75 Å². The predicted molar refractivity (Wildman–Crippen MR) is 83.1 cm³/mol. The van der Waals surface area contributed by atoms with Crippen molar-refractivity contribution < 1.29 is 22.7 Å². The fraction of sp³-hybridized carbons (Fsp3) is 0.375. The molecule has 2 rings (SSSR count). The van der Waals surface area contributed by atoms with E-state index in [1.165, 1.54) is 18.2 Å². The summed E-state index contributed by atoms with van der Waals surface area (Å²) in [6, 6.07) is 7.41. The smallest absolute Gasteiger partial charge is 0.422 e. The van der Waals surface area contributed by atoms with Crippen molar-refractivity contribution in [2.24, 2.45) is 5.92 Å². The zero-order chi connectivity index (χ0) is 17.7. The molecule has 1 aromatic heterocycles. The molecule has 1 amide bonds. The monoisotopic (exact) mass is 341 g/mol. The molecule has 1 aromatic carbocycles. The SMILES string of the molecule is CC(C)Cc1cc(C(=O)Nc2cccc(OCC(F)(F)F)c2)n[nH]1. The molecule has 5 nitrogen and oxygen atoms in total. The first kappa shape index (κ1) is 17.8. The third-order valence-corrected chi connectivity index (χ3v) is 2.99. The topological polar surface area (TPSA) is 67.0 Å². The highest BCUT2D eigenvalue weighted by atomic mass is 19.4. The van der Waals surface area contributed by atoms with Crippen LogP contribution >= 0.6 is 0 Å². The van der Waals surface area contributed by atoms with E-state index in [4.69, 9.17) is 0 Å². The van der Waals surface area contributed by atoms with Gasteiger partial charge in [-0.25, -0.2) is 0 Å². The van der Waals surface area contributed by atoms with Gasteiger partial charge >= 0.3 is 6.18 Å². The Kier molecular flexibility index (Phi) is 5.48. The molecule has 24 heavy (non-hydrogen) atoms. The Hall–Kier alpha value is -2.51. The molecule has 0 spiro atoms. The Labute approximate surface area is 137 Å². The lowest BCUT2D eigenvalue weighted by Crippen LogP contribution is -2.19. The van der Waals surface area contributed by atoms with E-state index < -0.39 is 18.7 Å². The maximum absolute atomic E-state index is 12.2. The molecule has 1 heterocycles. The quantitative estimate of drug-likeness (QED) is 0.840. The molecule has 0 bridgehead atoms. The number of nitrogens with one attached hydrogen (secondary N) is 2. The summed E-state index contributed by atoms with van der Waals surface area (Å²) in [7, 11) is 0. The first-order chi connectivity index (χ1) is 11.2. The molecule has 130 valence electrons. The third-order valence-electron chi connectivity index (χ3n) is 2.99. The minimum absolute atomic E-state index is 0.0210. The summed E-state index contributed by atoms with van der Waals surface area (Å²) in [5.74, 6) is -0.00861. The number of amides is 1. The van der Waals surface area contributed by atoms with Gasteiger partial charge in [-0.1, -0.05) is 19.9 Å². The number of ether oxygens (including phenoxy) is 1. The zero-order valence-electron chi connectivity index (χ0n) is 13.3. The molecule has 0 radical (unpaired) electrons. The second kappa shape index (κ2) is 7.37. The highest BCUT2D eigenvalue weighted by molar-refractivity contribution is 6.02. The highest BCUT2D eigenvalue weighted by Gasteiger charge is 2.28. The second-order valence-corrected chi connectivity index (χ2v) is 5.76. The lowest BCUT2D eigenvalue weighted by atomic mass is 10.1. The fourth-order valence-corrected chi connectivity index (χ4v) is 2.05. The van der Waals surface area contributed by atoms with E-state index in [2.05, 4.69) is 20.3 Å². The highest BCUT2D eigenvalue weighted by Crippen LogP contribution is 2.21. The third kappa shape index (κ3) is 5.60. The number of H-pyrrole nitrogens is 1. The Balaban J connectivity index is 2.00. The Morgan fingerprint density at radius 2 is 2.08 bits per heavy atom. The molecule has 0 saturated carbocycles. The minimum Gasteiger partial charge on any atom is -0.484 e. The Bertz CT molecular complexity index is 696. The normalized spacial score (nSPS) is 11.6. The summed E-state index contributed by atoms with van der Waals surface area (Å²) in [6.07, 6.45) is -3.65. The molecule has 0 fully saturated rings. The van der Waals surface area contributed by atoms with Crippen molar-refractivity contribution in [2.45, 2.75) is 26.4 Å². The van der Waals surface area contributed by atoms with Crippen LogP contribution < -0.4 is 10.1 Å². The predicted octanol–water partition coefficient (Wildman–Crippen LogP) is 3.80. The number of hydrogen-bond donors (Lipinski definition) is 2. The summed E-state index contributed by atoms with van der Waals surface area (Å²) < 4.78 is 41.1. The number of benzene rings is 1. The van der Waals surface area contributed by atoms with Crippen LogP contribution in [-0.2, 0) is 6.42 Å². The van der Waals surface area contributed by atoms with Gasteiger partial charge in [0, 0.05) is 17.4 Å². The lowest BCUT2D eigenvalue weighted by molar-refractivity contribution is -0.153. The van der Waals surface area contributed by atoms with Crippen molar-refractivity contribution in [3.05, 3.63) is 41.7 Å². The van der Waals surface area contributed by atoms with Gasteiger partial charge in [0.15, 0.2) is 12.3 Å². The van der Waals surface area contributed by atoms with Crippen LogP contribution in [0.1, 0.15) is 30.0 Å². The Morgan fingerprint density at radius 3 is 2.75 bits per heavy atom. The van der Waals surface area contributed by atoms with Crippen LogP contribution in [0.25, 0.3) is 0 Å². The maximum atomic E-state index is 12.2. The van der Waals surface area contributed by atoms with Gasteiger partial charge in [-0.05, 0) is 30.5 Å². The number of aromatic amines is 1. The summed E-state index contributed by atoms with van der Waals surface area (Å²) in [5, 5.41) is 9.31. The van der Waals surface area contributed by atoms with Crippen LogP contribution in [-0.4, -0.2) is 28.9 Å². The minimum atomic E-state index is -4.42. The molecular weight excluding hydrogens is 323 g/mol. The van der Waals surface area contributed by atoms with Gasteiger partial charge in [0.05, 0.1) is 0 Å². The number of rotatable bonds is 6. The average Bonchev–Trinajstić information content (AvgIpc) is 2.92. The lowest BCUT2D eigenvalue weighted by Gasteiger charge is -2.10. The molecule has 0 atom stereocenters. The van der Waals surface area contributed by atoms with E-state index in [0.29, 0.717) is 11.6 Å². The second-order valence-electron chi connectivity index (χ2n) is 5.76. The summed E-state index contributed by atoms with van der Waals surface area (Å²) in [4.78, 5) is 12.1. The van der Waals surface area contributed by atoms with Crippen LogP contribution in [0.4, 0.5) is 18.9 Å². The summed E-state index contributed by atoms with van der Waals surface area (Å²) >= 11 is 0. The van der Waals surface area contributed by atoms with Gasteiger partial charge in [-0.3, -0.25) is 9.89 Å². The molecule has 0 unspecified atom stereocenters. The molecule has 2 N–H and O–H groups in total. The zero-order valence-corrected chi connectivity index (χ0v) is 13.3. The number of aromatic nitrogens is 2. The van der Waals surface area contributed by atoms with Crippen LogP contribution in [0.3, 0.4) is 0 Å². The summed E-state index contributed by atoms with van der Waals surface area (Å²) in [6.45, 7) is 2.71. The van der Waals surface area contributed by atoms with Crippen molar-refractivity contribution >= 4 is 11.6 Å². The number of carbonyl (C=O) groups excluding carboxylic acids is 1. The molecule has 8 heteroatoms. The Morgan fingerprint density at radius 1 is 1.33 bits per heavy atom. The molecule has 2 aromatic rings. The van der Waals surface area contributed by atoms with Crippen LogP contribution in [0.2, 0.25) is 0 Å². The number of nitrogens with zero attached hydrogens (tertiary/aromatic N) is 1. The van der Waals surface area contributed by atoms with Crippen molar-refractivity contribution in [2.75, 3.05) is 11.9 Å². The molecule has 0 aliphatic carbocycles. The van der Waals surface area contributed by atoms with Gasteiger partial charge < -0.3 is 10.1 Å². The number of carbonyl (C=O) groups is 1. The largest absolute Gasteiger partial charge is 0.484 e. The first-order valence-corrected chi connectivity index (χ1v) is 7.38. The number of alkyl halides is 3. The van der Waals surface area contributed by atoms with Crippen molar-refractivity contribution in [3.63, 3.8) is 0 Å². The van der Waals surface area contributed by atoms with E-state index in [1.54, 1.807) is 12.1 Å². The first-order valence-electron chi connectivity index (χ1n) is 7.38. The summed E-state index contributed by atoms with van der Waals surface area (Å²) in [5.41, 5.74) is 1.39. The maximum Gasteiger partial charge on any atom is 0.422 e. The van der Waals surface area contributed by atoms with Gasteiger partial charge in [0.1, 0.15) is 5.75 Å². The van der Waals surface area contributed by atoms with Crippen molar-refractivity contribution in [1.82, 2.24) is 10.2 Å². The van der Waals surface area contributed by atoms with Crippen molar-refractivity contribution in [1.29, 1.82) is 0 Å². The standard InChI is InChI=1S/C16H18F3N3O2/c1-10(2)6-12-8-14(22-21-12)15(23)20-11-4-3-5-13(7-11)24-9-16(17,18)19/h3-5,7-8,10H,6,9H2,1-2H3,(H,20,23)(H,21,22). The van der Waals surface area contributed by atoms with E-state index in [9.17, 15) is 18.0 Å². The van der Waals surface area contributed by atoms with Crippen LogP contribution in [0, 0.1) is 5.92 Å². The molecule has 0 aliphatic rings. The van der Waals surface area contributed by atoms with Crippen LogP contribution in [0.15, 0.2) is 30.3 Å². The molecule has 0 aliphatic heterocycles. The van der Waals surface area contributed by atoms with Crippen molar-refractivity contribution in [3.8, 4) is 5.75 Å². The fourth-order valence-electron chi connectivity index (χ4n) is 2.05. The van der Waals surface area contributed by atoms with Gasteiger partial charge in [-0.2, -0.15) is 18.3 Å². The van der Waals surface area contributed by atoms with E-state index in [0.717, 1.165) is 12.1 Å². The van der Waals surface area contributed by atoms with E-state index in [-0.39, 0.29) is 11.4 Å². The van der Waals surface area contributed by atoms with E-state index >= 15 is 0 Å². The van der Waals surface area contributed by atoms with Gasteiger partial charge in [0.2, 0.25) is 0 Å². The number of halogens is 3. The number of hydrogen-bond acceptors (Lipinski definition) is 3. The average molecular weight is 341 g/mol. The van der Waals surface area contributed by atoms with Gasteiger partial charge in [0.25, 0.3) is 5.91 Å². The van der Waals surface area contributed by atoms with Gasteiger partial charge in [-0.15, -0.1) is 0 Å². The number of anilines is 1. The molecule has 0 saturated heterocycles. The molecular formula is C16H18F3N3O2.